The lowest BCUT2D eigenvalue weighted by atomic mass is 10.1. The van der Waals surface area contributed by atoms with Gasteiger partial charge in [-0.2, -0.15) is 4.31 Å². The van der Waals surface area contributed by atoms with Gasteiger partial charge in [0.15, 0.2) is 0 Å². The predicted molar refractivity (Wildman–Crippen MR) is 77.4 cm³/mol. The van der Waals surface area contributed by atoms with Gasteiger partial charge in [-0.25, -0.2) is 12.8 Å². The minimum absolute atomic E-state index is 0.00542. The molecule has 1 aromatic carbocycles. The number of hydrogen-bond donors (Lipinski definition) is 1. The van der Waals surface area contributed by atoms with E-state index in [0.29, 0.717) is 12.5 Å². The third kappa shape index (κ3) is 2.57. The van der Waals surface area contributed by atoms with E-state index in [1.807, 2.05) is 0 Å². The maximum Gasteiger partial charge on any atom is 0.243 e. The van der Waals surface area contributed by atoms with Crippen molar-refractivity contribution in [2.45, 2.75) is 30.2 Å². The van der Waals surface area contributed by atoms with E-state index < -0.39 is 15.8 Å². The number of hydrogen-bond acceptors (Lipinski definition) is 3. The van der Waals surface area contributed by atoms with Crippen LogP contribution in [0.5, 0.6) is 0 Å². The van der Waals surface area contributed by atoms with Gasteiger partial charge in [0.2, 0.25) is 10.0 Å². The molecule has 2 aliphatic rings. The highest BCUT2D eigenvalue weighted by atomic mass is 32.2. The highest BCUT2D eigenvalue weighted by molar-refractivity contribution is 7.89. The van der Waals surface area contributed by atoms with Crippen molar-refractivity contribution in [2.75, 3.05) is 13.1 Å². The van der Waals surface area contributed by atoms with Gasteiger partial charge in [-0.1, -0.05) is 11.8 Å². The van der Waals surface area contributed by atoms with Crippen molar-refractivity contribution in [1.29, 1.82) is 0 Å². The van der Waals surface area contributed by atoms with E-state index in [1.54, 1.807) is 0 Å². The number of rotatable bonds is 2. The first kappa shape index (κ1) is 14.5. The molecule has 4 nitrogen and oxygen atoms in total. The van der Waals surface area contributed by atoms with E-state index in [2.05, 4.69) is 11.8 Å². The minimum atomic E-state index is -3.61. The Morgan fingerprint density at radius 3 is 2.76 bits per heavy atom. The average molecular weight is 308 g/mol. The average Bonchev–Trinajstić information content (AvgIpc) is 3.09. The van der Waals surface area contributed by atoms with Gasteiger partial charge in [-0.3, -0.25) is 0 Å². The Hall–Kier alpha value is -1.42. The van der Waals surface area contributed by atoms with Crippen molar-refractivity contribution < 1.29 is 12.8 Å². The van der Waals surface area contributed by atoms with Crippen LogP contribution in [0.25, 0.3) is 0 Å². The van der Waals surface area contributed by atoms with Crippen LogP contribution >= 0.6 is 0 Å². The zero-order chi connectivity index (χ0) is 15.0. The summed E-state index contributed by atoms with van der Waals surface area (Å²) < 4.78 is 40.7. The first-order chi connectivity index (χ1) is 10.0. The Labute approximate surface area is 124 Å². The van der Waals surface area contributed by atoms with Gasteiger partial charge in [-0.05, 0) is 43.4 Å². The Bertz CT molecular complexity index is 721. The van der Waals surface area contributed by atoms with Gasteiger partial charge in [0.1, 0.15) is 5.82 Å². The van der Waals surface area contributed by atoms with Crippen molar-refractivity contribution in [3.8, 4) is 11.8 Å². The van der Waals surface area contributed by atoms with Gasteiger partial charge in [0.05, 0.1) is 17.0 Å². The zero-order valence-electron chi connectivity index (χ0n) is 11.5. The zero-order valence-corrected chi connectivity index (χ0v) is 12.4. The topological polar surface area (TPSA) is 63.4 Å². The molecule has 1 heterocycles. The van der Waals surface area contributed by atoms with E-state index in [0.717, 1.165) is 25.3 Å². The van der Waals surface area contributed by atoms with Crippen LogP contribution < -0.4 is 5.73 Å². The van der Waals surface area contributed by atoms with Crippen LogP contribution in [0, 0.1) is 23.6 Å². The number of sulfonamides is 1. The predicted octanol–water partition coefficient (Wildman–Crippen LogP) is 1.31. The molecular formula is C15H17FN2O2S. The van der Waals surface area contributed by atoms with Gasteiger partial charge < -0.3 is 5.73 Å². The molecule has 1 saturated carbocycles. The first-order valence-electron chi connectivity index (χ1n) is 7.02. The van der Waals surface area contributed by atoms with E-state index in [9.17, 15) is 12.8 Å². The molecule has 2 N–H and O–H groups in total. The fraction of sp³-hybridized carbons (Fsp3) is 0.467. The summed E-state index contributed by atoms with van der Waals surface area (Å²) in [6, 6.07) is 3.96. The molecule has 112 valence electrons. The third-order valence-electron chi connectivity index (χ3n) is 4.23. The molecule has 0 radical (unpaired) electrons. The first-order valence-corrected chi connectivity index (χ1v) is 8.46. The molecule has 0 spiro atoms. The number of piperidine rings is 1. The number of fused-ring (bicyclic) bond motifs is 2. The van der Waals surface area contributed by atoms with E-state index in [1.165, 1.54) is 16.4 Å². The van der Waals surface area contributed by atoms with Gasteiger partial charge >= 0.3 is 0 Å². The molecule has 0 amide bonds. The minimum Gasteiger partial charge on any atom is -0.320 e. The lowest BCUT2D eigenvalue weighted by Crippen LogP contribution is -2.37. The van der Waals surface area contributed by atoms with Gasteiger partial charge in [0.25, 0.3) is 0 Å². The van der Waals surface area contributed by atoms with Crippen LogP contribution in [0.3, 0.4) is 0 Å². The summed E-state index contributed by atoms with van der Waals surface area (Å²) in [5.41, 5.74) is 5.41. The highest BCUT2D eigenvalue weighted by Gasteiger charge is 2.44. The Morgan fingerprint density at radius 2 is 2.19 bits per heavy atom. The number of benzene rings is 1. The maximum absolute atomic E-state index is 14.0. The van der Waals surface area contributed by atoms with Crippen LogP contribution in [0.1, 0.15) is 24.8 Å². The quantitative estimate of drug-likeness (QED) is 0.838. The van der Waals surface area contributed by atoms with Crippen LogP contribution in [-0.4, -0.2) is 31.9 Å². The number of nitrogens with two attached hydrogens (primary N) is 1. The second kappa shape index (κ2) is 5.41. The van der Waals surface area contributed by atoms with Crippen LogP contribution in [0.4, 0.5) is 4.39 Å². The highest BCUT2D eigenvalue weighted by Crippen LogP contribution is 2.40. The molecule has 1 aliphatic carbocycles. The molecule has 21 heavy (non-hydrogen) atoms. The monoisotopic (exact) mass is 308 g/mol. The van der Waals surface area contributed by atoms with Crippen molar-refractivity contribution in [3.05, 3.63) is 29.6 Å². The van der Waals surface area contributed by atoms with E-state index in [-0.39, 0.29) is 23.0 Å². The Balaban J connectivity index is 1.91. The standard InChI is InChI=1S/C15H17FN2O2S/c16-15-9-14(6-4-12(15)2-1-7-17)21(19,20)18-10-11-3-5-13(18)8-11/h4,6,9,11,13H,3,5,7-8,10,17H2. The SMILES string of the molecule is NCC#Cc1ccc(S(=O)(=O)N2CC3CCC2C3)cc1F. The molecule has 1 aromatic rings. The Morgan fingerprint density at radius 1 is 1.38 bits per heavy atom. The molecule has 2 fully saturated rings. The fourth-order valence-corrected chi connectivity index (χ4v) is 4.97. The summed E-state index contributed by atoms with van der Waals surface area (Å²) in [5, 5.41) is 0. The molecule has 0 aromatic heterocycles. The van der Waals surface area contributed by atoms with Crippen LogP contribution in [0.2, 0.25) is 0 Å². The van der Waals surface area contributed by atoms with Gasteiger partial charge in [-0.15, -0.1) is 0 Å². The summed E-state index contributed by atoms with van der Waals surface area (Å²) in [6.45, 7) is 0.694. The van der Waals surface area contributed by atoms with Gasteiger partial charge in [0, 0.05) is 12.6 Å². The summed E-state index contributed by atoms with van der Waals surface area (Å²) in [6.07, 6.45) is 2.94. The summed E-state index contributed by atoms with van der Waals surface area (Å²) in [5.74, 6) is 4.99. The molecule has 6 heteroatoms. The lowest BCUT2D eigenvalue weighted by Gasteiger charge is -2.26. The van der Waals surface area contributed by atoms with Crippen LogP contribution in [0.15, 0.2) is 23.1 Å². The lowest BCUT2D eigenvalue weighted by molar-refractivity contribution is 0.333. The fourth-order valence-electron chi connectivity index (χ4n) is 3.21. The molecule has 2 bridgehead atoms. The normalized spacial score (nSPS) is 24.9. The second-order valence-corrected chi connectivity index (χ2v) is 7.45. The molecule has 3 rings (SSSR count). The van der Waals surface area contributed by atoms with Crippen molar-refractivity contribution in [2.24, 2.45) is 11.7 Å². The summed E-state index contributed by atoms with van der Waals surface area (Å²) >= 11 is 0. The van der Waals surface area contributed by atoms with Crippen molar-refractivity contribution in [3.63, 3.8) is 0 Å². The number of halogens is 1. The van der Waals surface area contributed by atoms with Crippen molar-refractivity contribution >= 4 is 10.0 Å². The second-order valence-electron chi connectivity index (χ2n) is 5.56. The molecule has 2 unspecified atom stereocenters. The largest absolute Gasteiger partial charge is 0.320 e. The van der Waals surface area contributed by atoms with Crippen LogP contribution in [-0.2, 0) is 10.0 Å². The molecular weight excluding hydrogens is 291 g/mol. The molecule has 1 saturated heterocycles. The van der Waals surface area contributed by atoms with Crippen molar-refractivity contribution in [1.82, 2.24) is 4.31 Å². The van der Waals surface area contributed by atoms with E-state index >= 15 is 0 Å². The third-order valence-corrected chi connectivity index (χ3v) is 6.15. The number of nitrogens with zero attached hydrogens (tertiary/aromatic N) is 1. The van der Waals surface area contributed by atoms with E-state index in [4.69, 9.17) is 5.73 Å². The summed E-state index contributed by atoms with van der Waals surface area (Å²) in [7, 11) is -3.61. The smallest absolute Gasteiger partial charge is 0.243 e. The maximum atomic E-state index is 14.0. The Kier molecular flexibility index (Phi) is 3.74. The molecule has 1 aliphatic heterocycles. The molecule has 2 atom stereocenters. The summed E-state index contributed by atoms with van der Waals surface area (Å²) in [4.78, 5) is 0.00542.